The molecule has 0 saturated carbocycles. The molecule has 0 fully saturated rings. The van der Waals surface area contributed by atoms with Crippen molar-refractivity contribution < 1.29 is 89.9 Å². The van der Waals surface area contributed by atoms with Crippen molar-refractivity contribution in [3.63, 3.8) is 0 Å². The third kappa shape index (κ3) is 112. The molecule has 0 aliphatic rings. The molecule has 0 N–H and O–H groups in total. The van der Waals surface area contributed by atoms with Crippen molar-refractivity contribution in [1.29, 1.82) is 0 Å². The van der Waals surface area contributed by atoms with Crippen LogP contribution < -0.4 is 50.9 Å². The largest absolute Gasteiger partial charge is 2.00 e. The standard InChI is InChI=1S/C4H9.3BrH.2Zn/c1-4(2)3;;;;;/h1-3H3;3*1H;;/q-1;;;;2*+2/p-3. The molecular weight excluding hydrogens is 419 g/mol. The second-order valence-electron chi connectivity index (χ2n) is 1.50. The van der Waals surface area contributed by atoms with Gasteiger partial charge in [-0.15, -0.1) is 0 Å². The Morgan fingerprint density at radius 3 is 0.667 bits per heavy atom. The summed E-state index contributed by atoms with van der Waals surface area (Å²) < 4.78 is 0. The predicted octanol–water partition coefficient (Wildman–Crippen LogP) is -7.37. The molecule has 9 heavy (non-hydrogen) atoms. The summed E-state index contributed by atoms with van der Waals surface area (Å²) >= 11 is 0. The molecule has 0 atom stereocenters. The smallest absolute Gasteiger partial charge is 1.00 e. The minimum Gasteiger partial charge on any atom is -1.00 e. The summed E-state index contributed by atoms with van der Waals surface area (Å²) in [5, 5.41) is 0. The maximum Gasteiger partial charge on any atom is 2.00 e. The molecule has 0 rings (SSSR count). The van der Waals surface area contributed by atoms with E-state index >= 15 is 0 Å². The van der Waals surface area contributed by atoms with E-state index in [9.17, 15) is 0 Å². The summed E-state index contributed by atoms with van der Waals surface area (Å²) in [4.78, 5) is 0. The fourth-order valence-corrected chi connectivity index (χ4v) is 0. The van der Waals surface area contributed by atoms with E-state index in [0.29, 0.717) is 0 Å². The van der Waals surface area contributed by atoms with Crippen molar-refractivity contribution in [3.8, 4) is 0 Å². The number of hydrogen-bond acceptors (Lipinski definition) is 0. The molecule has 0 bridgehead atoms. The van der Waals surface area contributed by atoms with E-state index in [1.165, 1.54) is 5.92 Å². The van der Waals surface area contributed by atoms with Crippen LogP contribution in [0.25, 0.3) is 0 Å². The van der Waals surface area contributed by atoms with Gasteiger partial charge in [0.05, 0.1) is 0 Å². The molecule has 0 spiro atoms. The predicted molar refractivity (Wildman–Crippen MR) is 20.3 cm³/mol. The molecule has 0 aromatic rings. The van der Waals surface area contributed by atoms with Crippen molar-refractivity contribution >= 4 is 0 Å². The second-order valence-corrected chi connectivity index (χ2v) is 1.50. The Labute approximate surface area is 115 Å². The summed E-state index contributed by atoms with van der Waals surface area (Å²) in [6, 6.07) is 0. The summed E-state index contributed by atoms with van der Waals surface area (Å²) in [5.41, 5.74) is 0. The Kier molecular flexibility index (Phi) is 142. The van der Waals surface area contributed by atoms with Gasteiger partial charge in [-0.3, -0.25) is 0 Å². The molecule has 0 heterocycles. The molecule has 5 heteroatoms. The number of hydrogen-bond donors (Lipinski definition) is 0. The first-order valence-corrected chi connectivity index (χ1v) is 1.50. The van der Waals surface area contributed by atoms with Gasteiger partial charge in [-0.25, -0.2) is 0 Å². The fraction of sp³-hybridized carbons (Fsp3) is 0.750. The van der Waals surface area contributed by atoms with Gasteiger partial charge in [0.25, 0.3) is 0 Å². The number of rotatable bonds is 0. The van der Waals surface area contributed by atoms with E-state index in [4.69, 9.17) is 0 Å². The first-order valence-electron chi connectivity index (χ1n) is 1.50. The van der Waals surface area contributed by atoms with Crippen LogP contribution in [0.3, 0.4) is 0 Å². The van der Waals surface area contributed by atoms with Gasteiger partial charge in [0, 0.05) is 0 Å². The van der Waals surface area contributed by atoms with Gasteiger partial charge >= 0.3 is 39.0 Å². The van der Waals surface area contributed by atoms with Crippen LogP contribution >= 0.6 is 0 Å². The van der Waals surface area contributed by atoms with E-state index in [1.54, 1.807) is 0 Å². The summed E-state index contributed by atoms with van der Waals surface area (Å²) in [6.45, 7) is 6.25. The normalized spacial score (nSPS) is 4.00. The summed E-state index contributed by atoms with van der Waals surface area (Å²) in [5.74, 6) is 1.42. The molecule has 0 aliphatic carbocycles. The maximum atomic E-state index is 2.08. The zero-order valence-electron chi connectivity index (χ0n) is 6.05. The number of halogens is 3. The topological polar surface area (TPSA) is 0 Å². The van der Waals surface area contributed by atoms with Crippen molar-refractivity contribution in [1.82, 2.24) is 0 Å². The first-order chi connectivity index (χ1) is 1.73. The minimum absolute atomic E-state index is 0. The molecule has 50 valence electrons. The maximum absolute atomic E-state index is 2.08. The average Bonchev–Trinajstić information content (AvgIpc) is 0.811. The Morgan fingerprint density at radius 2 is 0.667 bits per heavy atom. The van der Waals surface area contributed by atoms with Crippen LogP contribution in [0.15, 0.2) is 0 Å². The van der Waals surface area contributed by atoms with Crippen LogP contribution in [0.5, 0.6) is 0 Å². The minimum atomic E-state index is 0. The molecule has 0 nitrogen and oxygen atoms in total. The van der Waals surface area contributed by atoms with Crippen LogP contribution in [0.2, 0.25) is 0 Å². The molecule has 0 aliphatic heterocycles. The van der Waals surface area contributed by atoms with Gasteiger partial charge in [0.15, 0.2) is 0 Å². The molecular formula is C4H9Br3Zn2. The van der Waals surface area contributed by atoms with Crippen molar-refractivity contribution in [2.45, 2.75) is 20.8 Å². The van der Waals surface area contributed by atoms with E-state index in [0.717, 1.165) is 0 Å². The van der Waals surface area contributed by atoms with Gasteiger partial charge in [0.1, 0.15) is 0 Å². The molecule has 0 unspecified atom stereocenters. The zero-order valence-corrected chi connectivity index (χ0v) is 16.7. The zero-order chi connectivity index (χ0) is 3.58. The molecule has 0 amide bonds. The third-order valence-corrected chi connectivity index (χ3v) is 0. The second kappa shape index (κ2) is 31.0. The van der Waals surface area contributed by atoms with Crippen LogP contribution in [0.1, 0.15) is 20.8 Å². The monoisotopic (exact) mass is 422 g/mol. The molecule has 0 aromatic carbocycles. The Bertz CT molecular complexity index is 18.5. The molecule has 0 radical (unpaired) electrons. The van der Waals surface area contributed by atoms with E-state index in [1.807, 2.05) is 0 Å². The van der Waals surface area contributed by atoms with E-state index in [-0.39, 0.29) is 89.9 Å². The van der Waals surface area contributed by atoms with E-state index < -0.39 is 0 Å². The van der Waals surface area contributed by atoms with Gasteiger partial charge in [-0.1, -0.05) is 0 Å². The van der Waals surface area contributed by atoms with Gasteiger partial charge in [0.2, 0.25) is 0 Å². The van der Waals surface area contributed by atoms with Crippen molar-refractivity contribution in [2.75, 3.05) is 0 Å². The molecule has 0 saturated heterocycles. The summed E-state index contributed by atoms with van der Waals surface area (Å²) in [7, 11) is 0. The van der Waals surface area contributed by atoms with Crippen molar-refractivity contribution in [3.05, 3.63) is 5.92 Å². The first kappa shape index (κ1) is 41.3. The summed E-state index contributed by atoms with van der Waals surface area (Å²) in [6.07, 6.45) is 0. The van der Waals surface area contributed by atoms with Gasteiger partial charge in [-0.05, 0) is 0 Å². The van der Waals surface area contributed by atoms with Gasteiger partial charge in [-0.2, -0.15) is 20.8 Å². The van der Waals surface area contributed by atoms with Crippen LogP contribution in [0.4, 0.5) is 0 Å². The van der Waals surface area contributed by atoms with Crippen LogP contribution in [0, 0.1) is 5.92 Å². The fourth-order valence-electron chi connectivity index (χ4n) is 0. The SMILES string of the molecule is C[C-](C)C.[Br-].[Br-].[Br-].[Zn+2].[Zn+2]. The van der Waals surface area contributed by atoms with Gasteiger partial charge < -0.3 is 56.9 Å². The Balaban J connectivity index is -0.00000000450. The third-order valence-electron chi connectivity index (χ3n) is 0. The van der Waals surface area contributed by atoms with E-state index in [2.05, 4.69) is 20.8 Å². The Morgan fingerprint density at radius 1 is 0.667 bits per heavy atom. The molecule has 0 aromatic heterocycles. The van der Waals surface area contributed by atoms with Crippen LogP contribution in [-0.4, -0.2) is 0 Å². The Hall–Kier alpha value is 2.69. The van der Waals surface area contributed by atoms with Crippen molar-refractivity contribution in [2.24, 2.45) is 0 Å². The van der Waals surface area contributed by atoms with Crippen LogP contribution in [-0.2, 0) is 39.0 Å². The average molecular weight is 428 g/mol. The quantitative estimate of drug-likeness (QED) is 0.266.